The van der Waals surface area contributed by atoms with E-state index in [1.165, 1.54) is 0 Å². The molecule has 0 aliphatic carbocycles. The fourth-order valence-corrected chi connectivity index (χ4v) is 9.36. The normalized spacial score (nSPS) is 14.3. The molecule has 0 radical (unpaired) electrons. The zero-order valence-electron chi connectivity index (χ0n) is 51.5. The van der Waals surface area contributed by atoms with Crippen molar-refractivity contribution >= 4 is 32.8 Å². The number of hydrogen-bond donors (Lipinski definition) is 0. The molecule has 3 heterocycles. The highest BCUT2D eigenvalue weighted by molar-refractivity contribution is 6.09. The summed E-state index contributed by atoms with van der Waals surface area (Å²) in [6.07, 6.45) is 5.50. The highest BCUT2D eigenvalue weighted by Crippen LogP contribution is 2.41. The van der Waals surface area contributed by atoms with Crippen molar-refractivity contribution in [3.63, 3.8) is 0 Å². The molecule has 11 aromatic rings. The first-order valence-corrected chi connectivity index (χ1v) is 24.0. The Kier molecular flexibility index (Phi) is 8.63. The van der Waals surface area contributed by atoms with Gasteiger partial charge in [0.15, 0.2) is 0 Å². The molecule has 0 bridgehead atoms. The van der Waals surface area contributed by atoms with Gasteiger partial charge in [0, 0.05) is 23.0 Å². The van der Waals surface area contributed by atoms with Crippen LogP contribution in [0, 0.1) is 6.33 Å². The van der Waals surface area contributed by atoms with Gasteiger partial charge >= 0.3 is 0 Å². The monoisotopic (exact) mass is 935 g/mol. The lowest BCUT2D eigenvalue weighted by Crippen LogP contribution is -2.32. The van der Waals surface area contributed by atoms with Gasteiger partial charge in [-0.25, -0.2) is 4.98 Å². The minimum Gasteiger partial charge on any atom is -0.458 e. The van der Waals surface area contributed by atoms with E-state index in [4.69, 9.17) is 20.7 Å². The first-order valence-electron chi connectivity index (χ1n) is 29.0. The third-order valence-electron chi connectivity index (χ3n) is 13.3. The Bertz CT molecular complexity index is 4350. The van der Waals surface area contributed by atoms with E-state index in [9.17, 15) is 2.74 Å². The predicted octanol–water partition coefficient (Wildman–Crippen LogP) is 16.9. The zero-order chi connectivity index (χ0) is 57.9. The van der Waals surface area contributed by atoms with Crippen LogP contribution in [0.25, 0.3) is 83.4 Å². The number of para-hydroxylation sites is 1. The number of aromatic nitrogens is 4. The van der Waals surface area contributed by atoms with Gasteiger partial charge in [0.2, 0.25) is 0 Å². The topological polar surface area (TPSA) is 35.9 Å². The highest BCUT2D eigenvalue weighted by Gasteiger charge is 2.26. The second kappa shape index (κ2) is 17.4. The van der Waals surface area contributed by atoms with Gasteiger partial charge in [0.1, 0.15) is 17.3 Å². The standard InChI is InChI=1S/C66H60N4O/c1-64(2,3)48-25-18-24-47(36-48)57-39-50(66(7,8)9)38-56(45-22-14-11-15-23-45)63(57)69-43-68(61-37-46(30-33-59(61)69)44-20-12-10-13-21-44)51-26-19-27-52(41-51)71-53-31-32-55-54-28-16-17-29-58(54)70(60(55)42-53)62-40-49(34-35-67-62)65(4,5)6/h10-42H,1-9H3/i10D,11D,12D,13D,14D,15D,20D,21D,22D,23D. The summed E-state index contributed by atoms with van der Waals surface area (Å²) in [5.74, 6) is 1.84. The number of ether oxygens (including phenoxy) is 1. The van der Waals surface area contributed by atoms with E-state index in [2.05, 4.69) is 122 Å². The van der Waals surface area contributed by atoms with E-state index in [1.807, 2.05) is 82.1 Å². The Hall–Kier alpha value is -8.02. The molecule has 0 amide bonds. The molecule has 5 heteroatoms. The van der Waals surface area contributed by atoms with Crippen molar-refractivity contribution < 1.29 is 23.0 Å². The van der Waals surface area contributed by atoms with Gasteiger partial charge in [-0.1, -0.05) is 196 Å². The smallest absolute Gasteiger partial charge is 0.269 e. The molecule has 0 aliphatic rings. The molecular weight excluding hydrogens is 865 g/mol. The van der Waals surface area contributed by atoms with E-state index >= 15 is 0 Å². The van der Waals surface area contributed by atoms with Crippen molar-refractivity contribution in [2.45, 2.75) is 78.6 Å². The van der Waals surface area contributed by atoms with E-state index in [0.717, 1.165) is 49.9 Å². The molecule has 0 saturated heterocycles. The Morgan fingerprint density at radius 2 is 1.14 bits per heavy atom. The minimum atomic E-state index is -0.510. The molecule has 0 fully saturated rings. The number of imidazole rings is 1. The quantitative estimate of drug-likeness (QED) is 0.112. The Morgan fingerprint density at radius 3 is 1.87 bits per heavy atom. The van der Waals surface area contributed by atoms with Crippen molar-refractivity contribution in [1.29, 1.82) is 0 Å². The van der Waals surface area contributed by atoms with Crippen LogP contribution in [0.3, 0.4) is 0 Å². The SMILES string of the molecule is [2H]c1c([2H])c([2H])c(-c2ccc3c(c2)n(-c2cccc(Oc4ccc5c6ccccc6n(-c6cc(C(C)(C)C)ccn6)c5c4)c2)[c-][n+]3-c2c(-c3cccc(C(C)(C)C)c3)cc(C(C)(C)C)cc2-c2c([2H])c([2H])c([2H])c([2H])c2[2H])c([2H])c1[2H]. The molecule has 0 unspecified atom stereocenters. The minimum absolute atomic E-state index is 0.0111. The first kappa shape index (κ1) is 35.1. The Balaban J connectivity index is 1.18. The Labute approximate surface area is 432 Å². The van der Waals surface area contributed by atoms with Crippen molar-refractivity contribution in [2.24, 2.45) is 0 Å². The van der Waals surface area contributed by atoms with Gasteiger partial charge in [-0.2, -0.15) is 0 Å². The summed E-state index contributed by atoms with van der Waals surface area (Å²) in [5, 5.41) is 2.11. The predicted molar refractivity (Wildman–Crippen MR) is 295 cm³/mol. The lowest BCUT2D eigenvalue weighted by molar-refractivity contribution is -0.571. The summed E-state index contributed by atoms with van der Waals surface area (Å²) in [5.41, 5.74) is 8.52. The Morgan fingerprint density at radius 1 is 0.493 bits per heavy atom. The van der Waals surface area contributed by atoms with E-state index < -0.39 is 41.7 Å². The second-order valence-electron chi connectivity index (χ2n) is 21.3. The molecule has 71 heavy (non-hydrogen) atoms. The number of nitrogens with zero attached hydrogens (tertiary/aromatic N) is 4. The van der Waals surface area contributed by atoms with E-state index in [-0.39, 0.29) is 46.1 Å². The van der Waals surface area contributed by atoms with Crippen LogP contribution in [-0.2, 0) is 16.2 Å². The summed E-state index contributed by atoms with van der Waals surface area (Å²) >= 11 is 0. The number of fused-ring (bicyclic) bond motifs is 4. The average molecular weight is 935 g/mol. The average Bonchev–Trinajstić information content (AvgIpc) is 3.04. The summed E-state index contributed by atoms with van der Waals surface area (Å²) in [6.45, 7) is 19.2. The number of benzene rings is 8. The first-order chi connectivity index (χ1) is 38.2. The summed E-state index contributed by atoms with van der Waals surface area (Å²) in [4.78, 5) is 4.87. The third-order valence-corrected chi connectivity index (χ3v) is 13.3. The molecule has 350 valence electrons. The van der Waals surface area contributed by atoms with Gasteiger partial charge in [0.25, 0.3) is 6.33 Å². The van der Waals surface area contributed by atoms with Crippen molar-refractivity contribution in [3.05, 3.63) is 223 Å². The molecule has 0 spiro atoms. The molecule has 11 rings (SSSR count). The van der Waals surface area contributed by atoms with Crippen molar-refractivity contribution in [2.75, 3.05) is 0 Å². The maximum Gasteiger partial charge on any atom is 0.269 e. The molecule has 5 nitrogen and oxygen atoms in total. The fourth-order valence-electron chi connectivity index (χ4n) is 9.36. The van der Waals surface area contributed by atoms with Crippen molar-refractivity contribution in [3.8, 4) is 62.1 Å². The van der Waals surface area contributed by atoms with Crippen molar-refractivity contribution in [1.82, 2.24) is 14.1 Å². The fraction of sp³-hybridized carbons (Fsp3) is 0.182. The molecule has 8 aromatic carbocycles. The zero-order valence-corrected chi connectivity index (χ0v) is 41.5. The van der Waals surface area contributed by atoms with Crippen LogP contribution in [0.1, 0.15) is 92.7 Å². The van der Waals surface area contributed by atoms with Gasteiger partial charge < -0.3 is 4.74 Å². The molecule has 0 atom stereocenters. The molecule has 0 saturated carbocycles. The highest BCUT2D eigenvalue weighted by atomic mass is 16.5. The number of rotatable bonds is 8. The van der Waals surface area contributed by atoms with E-state index in [1.54, 1.807) is 18.2 Å². The maximum atomic E-state index is 9.45. The van der Waals surface area contributed by atoms with Crippen LogP contribution in [0.15, 0.2) is 200 Å². The summed E-state index contributed by atoms with van der Waals surface area (Å²) in [7, 11) is 0. The van der Waals surface area contributed by atoms with Crippen LogP contribution < -0.4 is 9.30 Å². The van der Waals surface area contributed by atoms with Crippen LogP contribution in [0.4, 0.5) is 0 Å². The number of pyridine rings is 1. The molecular formula is C66H60N4O. The largest absolute Gasteiger partial charge is 0.458 e. The number of hydrogen-bond acceptors (Lipinski definition) is 2. The van der Waals surface area contributed by atoms with Crippen LogP contribution in [0.2, 0.25) is 0 Å². The van der Waals surface area contributed by atoms with Crippen LogP contribution >= 0.6 is 0 Å². The third kappa shape index (κ3) is 8.60. The lowest BCUT2D eigenvalue weighted by atomic mass is 9.81. The molecule has 3 aromatic heterocycles. The van der Waals surface area contributed by atoms with Gasteiger partial charge in [0.05, 0.1) is 47.1 Å². The summed E-state index contributed by atoms with van der Waals surface area (Å²) in [6, 6.07) is 39.1. The van der Waals surface area contributed by atoms with Gasteiger partial charge in [-0.05, 0) is 121 Å². The van der Waals surface area contributed by atoms with Crippen LogP contribution in [0.5, 0.6) is 11.5 Å². The van der Waals surface area contributed by atoms with Gasteiger partial charge in [-0.3, -0.25) is 13.7 Å². The van der Waals surface area contributed by atoms with Gasteiger partial charge in [-0.15, -0.1) is 0 Å². The molecule has 0 aliphatic heterocycles. The summed E-state index contributed by atoms with van der Waals surface area (Å²) < 4.78 is 102. The maximum absolute atomic E-state index is 9.45. The molecule has 0 N–H and O–H groups in total. The lowest BCUT2D eigenvalue weighted by Gasteiger charge is -2.26. The van der Waals surface area contributed by atoms with E-state index in [0.29, 0.717) is 50.6 Å². The van der Waals surface area contributed by atoms with Crippen LogP contribution in [-0.4, -0.2) is 14.1 Å². The second-order valence-corrected chi connectivity index (χ2v) is 21.3.